The lowest BCUT2D eigenvalue weighted by Crippen LogP contribution is -2.34. The molecular formula is C20H25NO4S. The molecule has 0 saturated carbocycles. The lowest BCUT2D eigenvalue weighted by atomic mass is 10.0. The fraction of sp³-hybridized carbons (Fsp3) is 0.400. The summed E-state index contributed by atoms with van der Waals surface area (Å²) in [6.07, 6.45) is 1.54. The Morgan fingerprint density at radius 1 is 1.19 bits per heavy atom. The number of hydrogen-bond donors (Lipinski definition) is 1. The van der Waals surface area contributed by atoms with Crippen LogP contribution in [0.2, 0.25) is 0 Å². The van der Waals surface area contributed by atoms with Gasteiger partial charge in [-0.1, -0.05) is 12.1 Å². The van der Waals surface area contributed by atoms with Crippen molar-refractivity contribution in [2.75, 3.05) is 13.7 Å². The average molecular weight is 375 g/mol. The molecule has 1 heterocycles. The minimum atomic E-state index is -3.59. The monoisotopic (exact) mass is 375 g/mol. The molecule has 0 bridgehead atoms. The Kier molecular flexibility index (Phi) is 5.25. The number of sulfonamides is 1. The van der Waals surface area contributed by atoms with Crippen LogP contribution in [0.4, 0.5) is 0 Å². The molecule has 0 amide bonds. The van der Waals surface area contributed by atoms with Gasteiger partial charge in [-0.05, 0) is 67.6 Å². The van der Waals surface area contributed by atoms with Gasteiger partial charge >= 0.3 is 0 Å². The molecule has 2 aromatic carbocycles. The van der Waals surface area contributed by atoms with Gasteiger partial charge in [-0.2, -0.15) is 0 Å². The first-order valence-corrected chi connectivity index (χ1v) is 10.2. The summed E-state index contributed by atoms with van der Waals surface area (Å²) in [5.74, 6) is 1.66. The molecule has 6 heteroatoms. The molecule has 5 nitrogen and oxygen atoms in total. The fourth-order valence-corrected chi connectivity index (χ4v) is 4.90. The van der Waals surface area contributed by atoms with Crippen LogP contribution in [0.15, 0.2) is 35.2 Å². The Morgan fingerprint density at radius 2 is 1.88 bits per heavy atom. The zero-order chi connectivity index (χ0) is 18.9. The summed E-state index contributed by atoms with van der Waals surface area (Å²) < 4.78 is 39.1. The highest BCUT2D eigenvalue weighted by Crippen LogP contribution is 2.28. The Bertz CT molecular complexity index is 898. The van der Waals surface area contributed by atoms with Gasteiger partial charge in [0, 0.05) is 12.5 Å². The van der Waals surface area contributed by atoms with Crippen molar-refractivity contribution in [2.45, 2.75) is 44.6 Å². The lowest BCUT2D eigenvalue weighted by Gasteiger charge is -2.17. The Labute approximate surface area is 155 Å². The van der Waals surface area contributed by atoms with Gasteiger partial charge in [0.1, 0.15) is 11.5 Å². The molecule has 140 valence electrons. The van der Waals surface area contributed by atoms with Crippen molar-refractivity contribution >= 4 is 10.0 Å². The first kappa shape index (κ1) is 18.7. The molecule has 1 aliphatic heterocycles. The second kappa shape index (κ2) is 7.29. The maximum atomic E-state index is 12.8. The Balaban J connectivity index is 1.75. The molecule has 0 aromatic heterocycles. The van der Waals surface area contributed by atoms with Crippen LogP contribution >= 0.6 is 0 Å². The van der Waals surface area contributed by atoms with E-state index in [0.29, 0.717) is 6.42 Å². The van der Waals surface area contributed by atoms with Crippen LogP contribution in [0, 0.1) is 13.8 Å². The van der Waals surface area contributed by atoms with Crippen molar-refractivity contribution in [3.05, 3.63) is 52.6 Å². The molecule has 0 aliphatic carbocycles. The third-order valence-electron chi connectivity index (χ3n) is 4.60. The highest BCUT2D eigenvalue weighted by Gasteiger charge is 2.20. The predicted molar refractivity (Wildman–Crippen MR) is 102 cm³/mol. The van der Waals surface area contributed by atoms with Crippen molar-refractivity contribution in [1.82, 2.24) is 4.72 Å². The number of aryl methyl sites for hydroxylation is 2. The SMILES string of the molecule is COc1c(C)cc(S(=O)(=O)NC(C)Cc2ccc3c(c2)CCO3)cc1C. The van der Waals surface area contributed by atoms with Gasteiger partial charge in [-0.15, -0.1) is 0 Å². The summed E-state index contributed by atoms with van der Waals surface area (Å²) in [7, 11) is -2.00. The van der Waals surface area contributed by atoms with Crippen LogP contribution in [0.25, 0.3) is 0 Å². The van der Waals surface area contributed by atoms with Crippen LogP contribution < -0.4 is 14.2 Å². The molecule has 1 N–H and O–H groups in total. The Morgan fingerprint density at radius 3 is 2.54 bits per heavy atom. The fourth-order valence-electron chi connectivity index (χ4n) is 3.48. The van der Waals surface area contributed by atoms with Gasteiger partial charge in [0.2, 0.25) is 10.0 Å². The number of rotatable bonds is 6. The highest BCUT2D eigenvalue weighted by molar-refractivity contribution is 7.89. The normalized spacial score (nSPS) is 14.6. The summed E-state index contributed by atoms with van der Waals surface area (Å²) in [5, 5.41) is 0. The van der Waals surface area contributed by atoms with Crippen molar-refractivity contribution in [1.29, 1.82) is 0 Å². The van der Waals surface area contributed by atoms with Gasteiger partial charge in [0.25, 0.3) is 0 Å². The average Bonchev–Trinajstić information content (AvgIpc) is 3.01. The summed E-state index contributed by atoms with van der Waals surface area (Å²) in [4.78, 5) is 0.266. The van der Waals surface area contributed by atoms with Gasteiger partial charge in [0.15, 0.2) is 0 Å². The van der Waals surface area contributed by atoms with Gasteiger partial charge in [-0.25, -0.2) is 13.1 Å². The standard InChI is InChI=1S/C20H25NO4S/c1-13-9-18(10-14(2)20(13)24-4)26(22,23)21-15(3)11-16-5-6-19-17(12-16)7-8-25-19/h5-6,9-10,12,15,21H,7-8,11H2,1-4H3. The third-order valence-corrected chi connectivity index (χ3v) is 6.17. The van der Waals surface area contributed by atoms with Crippen LogP contribution in [0.1, 0.15) is 29.2 Å². The summed E-state index contributed by atoms with van der Waals surface area (Å²) in [6, 6.07) is 9.14. The number of nitrogens with one attached hydrogen (secondary N) is 1. The quantitative estimate of drug-likeness (QED) is 0.842. The predicted octanol–water partition coefficient (Wildman–Crippen LogP) is 3.16. The summed E-state index contributed by atoms with van der Waals surface area (Å²) >= 11 is 0. The van der Waals surface area contributed by atoms with E-state index in [-0.39, 0.29) is 10.9 Å². The van der Waals surface area contributed by atoms with E-state index in [0.717, 1.165) is 41.2 Å². The van der Waals surface area contributed by atoms with Crippen LogP contribution in [0.3, 0.4) is 0 Å². The van der Waals surface area contributed by atoms with Crippen molar-refractivity contribution in [3.63, 3.8) is 0 Å². The zero-order valence-corrected chi connectivity index (χ0v) is 16.4. The van der Waals surface area contributed by atoms with Crippen LogP contribution in [-0.2, 0) is 22.9 Å². The molecule has 0 fully saturated rings. The number of benzene rings is 2. The van der Waals surface area contributed by atoms with Crippen molar-refractivity contribution in [2.24, 2.45) is 0 Å². The van der Waals surface area contributed by atoms with E-state index in [1.807, 2.05) is 32.9 Å². The largest absolute Gasteiger partial charge is 0.496 e. The number of ether oxygens (including phenoxy) is 2. The smallest absolute Gasteiger partial charge is 0.240 e. The van der Waals surface area contributed by atoms with E-state index >= 15 is 0 Å². The topological polar surface area (TPSA) is 64.6 Å². The second-order valence-corrected chi connectivity index (χ2v) is 8.57. The summed E-state index contributed by atoms with van der Waals surface area (Å²) in [6.45, 7) is 6.30. The number of methoxy groups -OCH3 is 1. The lowest BCUT2D eigenvalue weighted by molar-refractivity contribution is 0.357. The summed E-state index contributed by atoms with van der Waals surface area (Å²) in [5.41, 5.74) is 3.91. The van der Waals surface area contributed by atoms with E-state index in [2.05, 4.69) is 10.8 Å². The molecule has 2 aromatic rings. The van der Waals surface area contributed by atoms with E-state index in [1.54, 1.807) is 19.2 Å². The van der Waals surface area contributed by atoms with E-state index in [4.69, 9.17) is 9.47 Å². The van der Waals surface area contributed by atoms with E-state index in [1.165, 1.54) is 5.56 Å². The van der Waals surface area contributed by atoms with Crippen molar-refractivity contribution in [3.8, 4) is 11.5 Å². The van der Waals surface area contributed by atoms with Crippen molar-refractivity contribution < 1.29 is 17.9 Å². The molecule has 0 radical (unpaired) electrons. The molecule has 0 saturated heterocycles. The minimum absolute atomic E-state index is 0.219. The molecule has 26 heavy (non-hydrogen) atoms. The Hall–Kier alpha value is -2.05. The molecule has 1 atom stereocenters. The van der Waals surface area contributed by atoms with E-state index < -0.39 is 10.0 Å². The van der Waals surface area contributed by atoms with Crippen LogP contribution in [0.5, 0.6) is 11.5 Å². The maximum Gasteiger partial charge on any atom is 0.240 e. The zero-order valence-electron chi connectivity index (χ0n) is 15.6. The van der Waals surface area contributed by atoms with E-state index in [9.17, 15) is 8.42 Å². The number of fused-ring (bicyclic) bond motifs is 1. The maximum absolute atomic E-state index is 12.8. The first-order valence-electron chi connectivity index (χ1n) is 8.72. The molecule has 1 aliphatic rings. The molecule has 0 spiro atoms. The third kappa shape index (κ3) is 3.86. The first-order chi connectivity index (χ1) is 12.3. The minimum Gasteiger partial charge on any atom is -0.496 e. The number of hydrogen-bond acceptors (Lipinski definition) is 4. The van der Waals surface area contributed by atoms with Gasteiger partial charge in [0.05, 0.1) is 18.6 Å². The molecular weight excluding hydrogens is 350 g/mol. The van der Waals surface area contributed by atoms with Gasteiger partial charge < -0.3 is 9.47 Å². The highest BCUT2D eigenvalue weighted by atomic mass is 32.2. The molecule has 1 unspecified atom stereocenters. The molecule has 3 rings (SSSR count). The van der Waals surface area contributed by atoms with Crippen LogP contribution in [-0.4, -0.2) is 28.2 Å². The second-order valence-electron chi connectivity index (χ2n) is 6.86. The van der Waals surface area contributed by atoms with Gasteiger partial charge in [-0.3, -0.25) is 0 Å².